The van der Waals surface area contributed by atoms with Crippen LogP contribution >= 0.6 is 0 Å². The fourth-order valence-electron chi connectivity index (χ4n) is 4.11. The molecule has 3 atom stereocenters. The van der Waals surface area contributed by atoms with Crippen LogP contribution in [0.15, 0.2) is 18.2 Å². The van der Waals surface area contributed by atoms with Gasteiger partial charge >= 0.3 is 6.09 Å². The molecule has 9 heteroatoms. The minimum atomic E-state index is -0.745. The number of carbonyl (C=O) groups is 2. The monoisotopic (exact) mass is 434 g/mol. The first kappa shape index (κ1) is 22.9. The number of nitrogens with one attached hydrogen (secondary N) is 1. The second-order valence-electron chi connectivity index (χ2n) is 9.03. The molecule has 3 rings (SSSR count). The van der Waals surface area contributed by atoms with Crippen molar-refractivity contribution in [3.05, 3.63) is 29.3 Å². The number of hydrogen-bond donors (Lipinski definition) is 1. The highest BCUT2D eigenvalue weighted by molar-refractivity contribution is 5.87. The lowest BCUT2D eigenvalue weighted by Gasteiger charge is -2.30. The van der Waals surface area contributed by atoms with Gasteiger partial charge in [-0.25, -0.2) is 4.79 Å². The third-order valence-electron chi connectivity index (χ3n) is 5.53. The molecule has 0 bridgehead atoms. The van der Waals surface area contributed by atoms with E-state index in [2.05, 4.69) is 11.4 Å². The van der Waals surface area contributed by atoms with Gasteiger partial charge in [0.25, 0.3) is 0 Å². The van der Waals surface area contributed by atoms with E-state index in [9.17, 15) is 20.1 Å². The first-order valence-corrected chi connectivity index (χ1v) is 10.6. The Balaban J connectivity index is 1.82. The average molecular weight is 435 g/mol. The Labute approximate surface area is 187 Å². The maximum Gasteiger partial charge on any atom is 0.411 e. The van der Waals surface area contributed by atoms with E-state index in [1.165, 1.54) is 4.90 Å². The van der Waals surface area contributed by atoms with E-state index < -0.39 is 23.8 Å². The summed E-state index contributed by atoms with van der Waals surface area (Å²) in [5, 5.41) is 31.0. The SMILES string of the molecule is CC(C)(C)OC(=O)N1C[C@@H](Nc2ccc(C#N)c(C#N)c2)C[C@H]1C(=O)N1CCC[C@H]1C#N. The van der Waals surface area contributed by atoms with Crippen molar-refractivity contribution in [2.45, 2.75) is 63.8 Å². The maximum absolute atomic E-state index is 13.3. The Morgan fingerprint density at radius 1 is 1.12 bits per heavy atom. The molecule has 0 aromatic heterocycles. The number of benzene rings is 1. The summed E-state index contributed by atoms with van der Waals surface area (Å²) in [7, 11) is 0. The molecule has 1 aromatic rings. The van der Waals surface area contributed by atoms with Gasteiger partial charge in [-0.3, -0.25) is 9.69 Å². The summed E-state index contributed by atoms with van der Waals surface area (Å²) in [5.41, 5.74) is 0.442. The van der Waals surface area contributed by atoms with Gasteiger partial charge in [-0.1, -0.05) is 0 Å². The number of nitrogens with zero attached hydrogens (tertiary/aromatic N) is 5. The molecule has 1 aromatic carbocycles. The first-order chi connectivity index (χ1) is 15.2. The highest BCUT2D eigenvalue weighted by Gasteiger charge is 2.45. The number of anilines is 1. The molecule has 0 spiro atoms. The van der Waals surface area contributed by atoms with Crippen LogP contribution in [0.2, 0.25) is 0 Å². The Morgan fingerprint density at radius 3 is 2.47 bits per heavy atom. The third-order valence-corrected chi connectivity index (χ3v) is 5.53. The molecule has 0 saturated carbocycles. The lowest BCUT2D eigenvalue weighted by atomic mass is 10.1. The van der Waals surface area contributed by atoms with Gasteiger partial charge in [0.15, 0.2) is 0 Å². The van der Waals surface area contributed by atoms with Crippen molar-refractivity contribution in [2.75, 3.05) is 18.4 Å². The summed E-state index contributed by atoms with van der Waals surface area (Å²) in [6.45, 7) is 6.02. The summed E-state index contributed by atoms with van der Waals surface area (Å²) in [4.78, 5) is 29.2. The van der Waals surface area contributed by atoms with Gasteiger partial charge in [0.2, 0.25) is 5.91 Å². The molecular formula is C23H26N6O3. The van der Waals surface area contributed by atoms with E-state index in [1.54, 1.807) is 43.9 Å². The Bertz CT molecular complexity index is 1030. The number of amides is 2. The highest BCUT2D eigenvalue weighted by Crippen LogP contribution is 2.28. The second-order valence-corrected chi connectivity index (χ2v) is 9.03. The Kier molecular flexibility index (Phi) is 6.55. The topological polar surface area (TPSA) is 133 Å². The normalized spacial score (nSPS) is 22.6. The van der Waals surface area contributed by atoms with Crippen molar-refractivity contribution < 1.29 is 14.3 Å². The van der Waals surface area contributed by atoms with Crippen LogP contribution in [0.3, 0.4) is 0 Å². The molecule has 2 saturated heterocycles. The quantitative estimate of drug-likeness (QED) is 0.773. The van der Waals surface area contributed by atoms with Crippen molar-refractivity contribution in [3.63, 3.8) is 0 Å². The van der Waals surface area contributed by atoms with Crippen LogP contribution in [-0.4, -0.2) is 58.6 Å². The molecule has 2 aliphatic rings. The summed E-state index contributed by atoms with van der Waals surface area (Å²) >= 11 is 0. The number of hydrogen-bond acceptors (Lipinski definition) is 7. The van der Waals surface area contributed by atoms with Gasteiger partial charge < -0.3 is 15.0 Å². The standard InChI is InChI=1S/C23H26N6O3/c1-23(2,3)32-22(31)29-14-18(27-17-7-6-15(11-24)16(9-17)12-25)10-20(29)21(30)28-8-4-5-19(28)13-26/h6-7,9,18-20,27H,4-5,8,10,14H2,1-3H3/t18-,19-,20-/m0/s1. The van der Waals surface area contributed by atoms with E-state index in [-0.39, 0.29) is 29.6 Å². The van der Waals surface area contributed by atoms with E-state index in [0.717, 1.165) is 6.42 Å². The number of rotatable bonds is 3. The van der Waals surface area contributed by atoms with Crippen LogP contribution in [0.1, 0.15) is 51.2 Å². The predicted molar refractivity (Wildman–Crippen MR) is 115 cm³/mol. The molecule has 0 radical (unpaired) electrons. The van der Waals surface area contributed by atoms with Gasteiger partial charge in [0.05, 0.1) is 17.2 Å². The average Bonchev–Trinajstić information content (AvgIpc) is 3.39. The molecule has 0 aliphatic carbocycles. The lowest BCUT2D eigenvalue weighted by molar-refractivity contribution is -0.135. The van der Waals surface area contributed by atoms with E-state index >= 15 is 0 Å². The molecular weight excluding hydrogens is 408 g/mol. The molecule has 0 unspecified atom stereocenters. The zero-order valence-electron chi connectivity index (χ0n) is 18.5. The maximum atomic E-state index is 13.3. The summed E-state index contributed by atoms with van der Waals surface area (Å²) in [5.74, 6) is -0.248. The largest absolute Gasteiger partial charge is 0.444 e. The highest BCUT2D eigenvalue weighted by atomic mass is 16.6. The molecule has 9 nitrogen and oxygen atoms in total. The summed E-state index contributed by atoms with van der Waals surface area (Å²) in [6, 6.07) is 9.50. The van der Waals surface area contributed by atoms with Crippen LogP contribution < -0.4 is 5.32 Å². The van der Waals surface area contributed by atoms with E-state index in [4.69, 9.17) is 10.00 Å². The van der Waals surface area contributed by atoms with Gasteiger partial charge in [-0.15, -0.1) is 0 Å². The summed E-state index contributed by atoms with van der Waals surface area (Å²) in [6.07, 6.45) is 1.15. The van der Waals surface area contributed by atoms with Gasteiger partial charge in [-0.2, -0.15) is 15.8 Å². The van der Waals surface area contributed by atoms with Crippen molar-refractivity contribution in [1.29, 1.82) is 15.8 Å². The van der Waals surface area contributed by atoms with Gasteiger partial charge in [0.1, 0.15) is 29.8 Å². The van der Waals surface area contributed by atoms with Crippen molar-refractivity contribution >= 4 is 17.7 Å². The molecule has 32 heavy (non-hydrogen) atoms. The van der Waals surface area contributed by atoms with Crippen molar-refractivity contribution in [2.24, 2.45) is 0 Å². The van der Waals surface area contributed by atoms with E-state index in [1.807, 2.05) is 12.1 Å². The minimum Gasteiger partial charge on any atom is -0.444 e. The molecule has 1 N–H and O–H groups in total. The smallest absolute Gasteiger partial charge is 0.411 e. The van der Waals surface area contributed by atoms with Gasteiger partial charge in [-0.05, 0) is 58.2 Å². The van der Waals surface area contributed by atoms with Crippen molar-refractivity contribution in [1.82, 2.24) is 9.80 Å². The fraction of sp³-hybridized carbons (Fsp3) is 0.522. The van der Waals surface area contributed by atoms with Crippen LogP contribution in [-0.2, 0) is 9.53 Å². The third kappa shape index (κ3) is 4.92. The van der Waals surface area contributed by atoms with Gasteiger partial charge in [0, 0.05) is 24.8 Å². The molecule has 2 heterocycles. The molecule has 166 valence electrons. The van der Waals surface area contributed by atoms with Crippen LogP contribution in [0.5, 0.6) is 0 Å². The number of ether oxygens (including phenoxy) is 1. The van der Waals surface area contributed by atoms with Crippen LogP contribution in [0.4, 0.5) is 10.5 Å². The Morgan fingerprint density at radius 2 is 1.84 bits per heavy atom. The lowest BCUT2D eigenvalue weighted by Crippen LogP contribution is -2.50. The number of likely N-dealkylation sites (tertiary alicyclic amines) is 2. The molecule has 2 amide bonds. The van der Waals surface area contributed by atoms with E-state index in [0.29, 0.717) is 25.1 Å². The zero-order valence-corrected chi connectivity index (χ0v) is 18.5. The minimum absolute atomic E-state index is 0.234. The summed E-state index contributed by atoms with van der Waals surface area (Å²) < 4.78 is 5.53. The molecule has 2 fully saturated rings. The predicted octanol–water partition coefficient (Wildman–Crippen LogP) is 2.73. The van der Waals surface area contributed by atoms with Crippen LogP contribution in [0, 0.1) is 34.0 Å². The first-order valence-electron chi connectivity index (χ1n) is 10.6. The Hall–Kier alpha value is -3.77. The number of nitriles is 3. The molecule has 2 aliphatic heterocycles. The zero-order chi connectivity index (χ0) is 23.5. The number of carbonyl (C=O) groups excluding carboxylic acids is 2. The second kappa shape index (κ2) is 9.16. The van der Waals surface area contributed by atoms with Crippen LogP contribution in [0.25, 0.3) is 0 Å². The fourth-order valence-corrected chi connectivity index (χ4v) is 4.11. The van der Waals surface area contributed by atoms with Crippen molar-refractivity contribution in [3.8, 4) is 18.2 Å².